The molecule has 1 heterocycles. The molecule has 1 amide bonds. The second-order valence-corrected chi connectivity index (χ2v) is 4.22. The Balaban J connectivity index is 2.14. The summed E-state index contributed by atoms with van der Waals surface area (Å²) in [6.07, 6.45) is 1.23. The third-order valence-corrected chi connectivity index (χ3v) is 3.05. The molecule has 17 heavy (non-hydrogen) atoms. The van der Waals surface area contributed by atoms with E-state index < -0.39 is 0 Å². The molecular formula is C13H15FN2O. The van der Waals surface area contributed by atoms with Gasteiger partial charge in [-0.05, 0) is 30.7 Å². The third kappa shape index (κ3) is 2.46. The molecule has 90 valence electrons. The summed E-state index contributed by atoms with van der Waals surface area (Å²) in [6.45, 7) is 3.86. The fourth-order valence-corrected chi connectivity index (χ4v) is 2.05. The summed E-state index contributed by atoms with van der Waals surface area (Å²) in [4.78, 5) is 13.2. The van der Waals surface area contributed by atoms with Crippen molar-refractivity contribution in [1.82, 2.24) is 5.32 Å². The van der Waals surface area contributed by atoms with E-state index >= 15 is 0 Å². The molecule has 1 atom stereocenters. The number of nitrogens with zero attached hydrogens (tertiary/aromatic N) is 1. The van der Waals surface area contributed by atoms with Gasteiger partial charge in [-0.2, -0.15) is 0 Å². The van der Waals surface area contributed by atoms with E-state index in [0.29, 0.717) is 12.1 Å². The quantitative estimate of drug-likeness (QED) is 0.849. The lowest BCUT2D eigenvalue weighted by Crippen LogP contribution is -2.44. The SMILES string of the molecule is C=C1NC(=O)CCC1N(C)c1ccc(F)cc1. The Kier molecular flexibility index (Phi) is 3.13. The highest BCUT2D eigenvalue weighted by atomic mass is 19.1. The minimum atomic E-state index is -0.252. The van der Waals surface area contributed by atoms with Crippen molar-refractivity contribution in [1.29, 1.82) is 0 Å². The van der Waals surface area contributed by atoms with Crippen molar-refractivity contribution in [2.45, 2.75) is 18.9 Å². The zero-order valence-corrected chi connectivity index (χ0v) is 9.74. The number of rotatable bonds is 2. The fraction of sp³-hybridized carbons (Fsp3) is 0.308. The van der Waals surface area contributed by atoms with Crippen LogP contribution in [0.1, 0.15) is 12.8 Å². The molecule has 0 aromatic heterocycles. The lowest BCUT2D eigenvalue weighted by atomic mass is 10.0. The molecule has 1 N–H and O–H groups in total. The highest BCUT2D eigenvalue weighted by molar-refractivity contribution is 5.79. The van der Waals surface area contributed by atoms with Crippen LogP contribution in [-0.2, 0) is 4.79 Å². The number of carbonyl (C=O) groups excluding carboxylic acids is 1. The summed E-state index contributed by atoms with van der Waals surface area (Å²) < 4.78 is 12.8. The van der Waals surface area contributed by atoms with E-state index in [0.717, 1.165) is 12.1 Å². The summed E-state index contributed by atoms with van der Waals surface area (Å²) in [5, 5.41) is 2.74. The number of likely N-dealkylation sites (N-methyl/N-ethyl adjacent to an activating group) is 1. The van der Waals surface area contributed by atoms with Crippen LogP contribution in [0.3, 0.4) is 0 Å². The van der Waals surface area contributed by atoms with Crippen LogP contribution in [0.25, 0.3) is 0 Å². The molecule has 0 bridgehead atoms. The van der Waals surface area contributed by atoms with Crippen molar-refractivity contribution < 1.29 is 9.18 Å². The van der Waals surface area contributed by atoms with Crippen molar-refractivity contribution in [3.8, 4) is 0 Å². The lowest BCUT2D eigenvalue weighted by Gasteiger charge is -2.34. The van der Waals surface area contributed by atoms with Gasteiger partial charge in [-0.1, -0.05) is 6.58 Å². The van der Waals surface area contributed by atoms with Crippen LogP contribution in [-0.4, -0.2) is 19.0 Å². The molecule has 1 aliphatic rings. The summed E-state index contributed by atoms with van der Waals surface area (Å²) in [5.74, 6) is -0.239. The van der Waals surface area contributed by atoms with Crippen LogP contribution in [0.5, 0.6) is 0 Å². The number of anilines is 1. The number of halogens is 1. The van der Waals surface area contributed by atoms with Gasteiger partial charge in [0.25, 0.3) is 0 Å². The first-order valence-electron chi connectivity index (χ1n) is 5.55. The van der Waals surface area contributed by atoms with Gasteiger partial charge in [0, 0.05) is 24.9 Å². The fourth-order valence-electron chi connectivity index (χ4n) is 2.05. The standard InChI is InChI=1S/C13H15FN2O/c1-9-12(7-8-13(17)15-9)16(2)11-5-3-10(14)4-6-11/h3-6,12H,1,7-8H2,2H3,(H,15,17). The normalized spacial score (nSPS) is 20.0. The highest BCUT2D eigenvalue weighted by Gasteiger charge is 2.25. The first kappa shape index (κ1) is 11.6. The maximum atomic E-state index is 12.8. The van der Waals surface area contributed by atoms with Crippen molar-refractivity contribution in [3.05, 3.63) is 42.4 Å². The molecule has 0 saturated carbocycles. The summed E-state index contributed by atoms with van der Waals surface area (Å²) in [6, 6.07) is 6.36. The minimum Gasteiger partial charge on any atom is -0.366 e. The van der Waals surface area contributed by atoms with Gasteiger partial charge in [-0.3, -0.25) is 4.79 Å². The average molecular weight is 234 g/mol. The van der Waals surface area contributed by atoms with E-state index in [-0.39, 0.29) is 17.8 Å². The first-order chi connectivity index (χ1) is 8.08. The molecule has 1 saturated heterocycles. The Labute approximate surface area is 99.9 Å². The minimum absolute atomic E-state index is 0.0127. The van der Waals surface area contributed by atoms with E-state index in [1.807, 2.05) is 11.9 Å². The summed E-state index contributed by atoms with van der Waals surface area (Å²) in [7, 11) is 1.92. The van der Waals surface area contributed by atoms with E-state index in [4.69, 9.17) is 0 Å². The van der Waals surface area contributed by atoms with Crippen molar-refractivity contribution in [2.75, 3.05) is 11.9 Å². The van der Waals surface area contributed by atoms with Gasteiger partial charge in [0.2, 0.25) is 5.91 Å². The van der Waals surface area contributed by atoms with Gasteiger partial charge in [0.1, 0.15) is 5.82 Å². The Morgan fingerprint density at radius 1 is 1.41 bits per heavy atom. The average Bonchev–Trinajstić information content (AvgIpc) is 2.29. The second-order valence-electron chi connectivity index (χ2n) is 4.22. The molecule has 1 fully saturated rings. The van der Waals surface area contributed by atoms with E-state index in [2.05, 4.69) is 11.9 Å². The maximum Gasteiger partial charge on any atom is 0.224 e. The Morgan fingerprint density at radius 3 is 2.65 bits per heavy atom. The van der Waals surface area contributed by atoms with Gasteiger partial charge in [0.05, 0.1) is 6.04 Å². The number of hydrogen-bond acceptors (Lipinski definition) is 2. The predicted molar refractivity (Wildman–Crippen MR) is 65.1 cm³/mol. The molecule has 0 aliphatic carbocycles. The Morgan fingerprint density at radius 2 is 2.06 bits per heavy atom. The molecule has 1 aromatic carbocycles. The molecule has 1 aromatic rings. The van der Waals surface area contributed by atoms with Crippen LogP contribution in [0.15, 0.2) is 36.5 Å². The van der Waals surface area contributed by atoms with Gasteiger partial charge in [-0.15, -0.1) is 0 Å². The van der Waals surface area contributed by atoms with Crippen LogP contribution in [0.4, 0.5) is 10.1 Å². The van der Waals surface area contributed by atoms with E-state index in [1.165, 1.54) is 12.1 Å². The number of piperidine rings is 1. The smallest absolute Gasteiger partial charge is 0.224 e. The number of benzene rings is 1. The zero-order chi connectivity index (χ0) is 12.4. The largest absolute Gasteiger partial charge is 0.366 e. The molecule has 0 spiro atoms. The third-order valence-electron chi connectivity index (χ3n) is 3.05. The number of hydrogen-bond donors (Lipinski definition) is 1. The molecule has 4 heteroatoms. The Bertz CT molecular complexity index is 441. The van der Waals surface area contributed by atoms with Crippen molar-refractivity contribution >= 4 is 11.6 Å². The van der Waals surface area contributed by atoms with Gasteiger partial charge >= 0.3 is 0 Å². The summed E-state index contributed by atoms with van der Waals surface area (Å²) >= 11 is 0. The van der Waals surface area contributed by atoms with Crippen LogP contribution >= 0.6 is 0 Å². The molecule has 1 aliphatic heterocycles. The first-order valence-corrected chi connectivity index (χ1v) is 5.55. The highest BCUT2D eigenvalue weighted by Crippen LogP contribution is 2.23. The van der Waals surface area contributed by atoms with E-state index in [1.54, 1.807) is 12.1 Å². The maximum absolute atomic E-state index is 12.8. The number of carbonyl (C=O) groups is 1. The number of amides is 1. The lowest BCUT2D eigenvalue weighted by molar-refractivity contribution is -0.121. The van der Waals surface area contributed by atoms with Gasteiger partial charge in [-0.25, -0.2) is 4.39 Å². The molecule has 0 radical (unpaired) electrons. The van der Waals surface area contributed by atoms with Crippen molar-refractivity contribution in [3.63, 3.8) is 0 Å². The second kappa shape index (κ2) is 4.57. The molecule has 2 rings (SSSR count). The molecular weight excluding hydrogens is 219 g/mol. The van der Waals surface area contributed by atoms with Crippen LogP contribution in [0, 0.1) is 5.82 Å². The predicted octanol–water partition coefficient (Wildman–Crippen LogP) is 2.05. The van der Waals surface area contributed by atoms with Crippen LogP contribution in [0.2, 0.25) is 0 Å². The van der Waals surface area contributed by atoms with Gasteiger partial charge in [0.15, 0.2) is 0 Å². The van der Waals surface area contributed by atoms with Crippen molar-refractivity contribution in [2.24, 2.45) is 0 Å². The molecule has 3 nitrogen and oxygen atoms in total. The van der Waals surface area contributed by atoms with Gasteiger partial charge < -0.3 is 10.2 Å². The zero-order valence-electron chi connectivity index (χ0n) is 9.74. The van der Waals surface area contributed by atoms with Crippen LogP contribution < -0.4 is 10.2 Å². The summed E-state index contributed by atoms with van der Waals surface area (Å²) in [5.41, 5.74) is 1.61. The van der Waals surface area contributed by atoms with E-state index in [9.17, 15) is 9.18 Å². The number of nitrogens with one attached hydrogen (secondary N) is 1. The topological polar surface area (TPSA) is 32.3 Å². The monoisotopic (exact) mass is 234 g/mol. The molecule has 1 unspecified atom stereocenters. The Hall–Kier alpha value is -1.84.